The summed E-state index contributed by atoms with van der Waals surface area (Å²) in [5, 5.41) is 17.6. The van der Waals surface area contributed by atoms with Gasteiger partial charge in [0, 0.05) is 36.0 Å². The lowest BCUT2D eigenvalue weighted by Gasteiger charge is -2.27. The molecule has 2 aliphatic rings. The minimum Gasteiger partial charge on any atom is -0.489 e. The van der Waals surface area contributed by atoms with Crippen LogP contribution in [-0.2, 0) is 29.2 Å². The van der Waals surface area contributed by atoms with Gasteiger partial charge in [0.25, 0.3) is 0 Å². The van der Waals surface area contributed by atoms with E-state index >= 15 is 0 Å². The fourth-order valence-electron chi connectivity index (χ4n) is 6.68. The van der Waals surface area contributed by atoms with Gasteiger partial charge in [0.1, 0.15) is 36.0 Å². The van der Waals surface area contributed by atoms with Crippen LogP contribution in [-0.4, -0.2) is 76.0 Å². The average Bonchev–Trinajstić information content (AvgIpc) is 3.78. The standard InChI is InChI=1S/C41H48N7O3/c1-31-41(43-45-47(31)28-39-14-5-7-25-50-39)35-19-21-37(22-20-35)51-30-33-10-8-12-36(26-33)48(2,3)23-9-11-32-15-17-34(18-16-32)40-29-46(44-42-40)27-38-13-4-6-24-49-38/h8,10,12,15-22,26,29,38-39H,4-7,13-14,23-25,27-28,30H2,1-3H3/q+1/t38-,39-/m1/s1. The molecule has 10 nitrogen and oxygen atoms in total. The third kappa shape index (κ3) is 8.92. The van der Waals surface area contributed by atoms with Crippen molar-refractivity contribution in [1.82, 2.24) is 34.5 Å². The highest BCUT2D eigenvalue weighted by molar-refractivity contribution is 5.62. The summed E-state index contributed by atoms with van der Waals surface area (Å²) in [5.41, 5.74) is 8.13. The molecule has 4 heterocycles. The lowest BCUT2D eigenvalue weighted by Crippen LogP contribution is -2.40. The van der Waals surface area contributed by atoms with E-state index in [0.29, 0.717) is 17.6 Å². The van der Waals surface area contributed by atoms with Gasteiger partial charge in [0.2, 0.25) is 0 Å². The summed E-state index contributed by atoms with van der Waals surface area (Å²) >= 11 is 0. The van der Waals surface area contributed by atoms with E-state index in [0.717, 1.165) is 97.1 Å². The molecule has 7 rings (SSSR count). The Morgan fingerprint density at radius 3 is 2.27 bits per heavy atom. The number of hydrogen-bond donors (Lipinski definition) is 0. The van der Waals surface area contributed by atoms with Crippen LogP contribution in [0.4, 0.5) is 5.69 Å². The molecule has 0 radical (unpaired) electrons. The first-order chi connectivity index (χ1) is 24.9. The van der Waals surface area contributed by atoms with Gasteiger partial charge in [0.05, 0.1) is 51.3 Å². The molecule has 51 heavy (non-hydrogen) atoms. The molecule has 5 aromatic rings. The zero-order chi connectivity index (χ0) is 35.0. The molecular weight excluding hydrogens is 638 g/mol. The maximum atomic E-state index is 6.19. The first kappa shape index (κ1) is 34.6. The maximum absolute atomic E-state index is 6.19. The van der Waals surface area contributed by atoms with E-state index in [1.807, 2.05) is 39.8 Å². The first-order valence-corrected chi connectivity index (χ1v) is 18.2. The van der Waals surface area contributed by atoms with Crippen LogP contribution >= 0.6 is 0 Å². The fraction of sp³-hybridized carbons (Fsp3) is 0.415. The van der Waals surface area contributed by atoms with Crippen LogP contribution in [0.2, 0.25) is 0 Å². The molecule has 2 aromatic heterocycles. The molecule has 2 saturated heterocycles. The first-order valence-electron chi connectivity index (χ1n) is 18.2. The molecule has 2 aliphatic heterocycles. The highest BCUT2D eigenvalue weighted by Crippen LogP contribution is 2.26. The molecule has 0 spiro atoms. The molecule has 264 valence electrons. The lowest BCUT2D eigenvalue weighted by molar-refractivity contribution is 0.00332. The van der Waals surface area contributed by atoms with Crippen LogP contribution < -0.4 is 9.22 Å². The molecule has 10 heteroatoms. The highest BCUT2D eigenvalue weighted by atomic mass is 16.5. The number of quaternary nitrogens is 1. The molecule has 0 amide bonds. The van der Waals surface area contributed by atoms with Crippen LogP contribution in [0.5, 0.6) is 5.75 Å². The van der Waals surface area contributed by atoms with Crippen molar-refractivity contribution in [3.8, 4) is 40.1 Å². The number of nitrogens with zero attached hydrogens (tertiary/aromatic N) is 7. The summed E-state index contributed by atoms with van der Waals surface area (Å²) in [6, 6.07) is 24.9. The molecule has 0 saturated carbocycles. The van der Waals surface area contributed by atoms with E-state index in [2.05, 4.69) is 102 Å². The summed E-state index contributed by atoms with van der Waals surface area (Å²) < 4.78 is 22.4. The molecule has 2 atom stereocenters. The summed E-state index contributed by atoms with van der Waals surface area (Å²) in [6.45, 7) is 6.39. The third-order valence-corrected chi connectivity index (χ3v) is 9.87. The third-order valence-electron chi connectivity index (χ3n) is 9.87. The predicted molar refractivity (Wildman–Crippen MR) is 199 cm³/mol. The minimum atomic E-state index is 0.218. The normalized spacial score (nSPS) is 17.9. The van der Waals surface area contributed by atoms with Gasteiger partial charge in [0.15, 0.2) is 0 Å². The van der Waals surface area contributed by atoms with Gasteiger partial charge in [-0.25, -0.2) is 9.36 Å². The molecule has 0 aliphatic carbocycles. The summed E-state index contributed by atoms with van der Waals surface area (Å²) in [5.74, 6) is 7.56. The number of ether oxygens (including phenoxy) is 3. The molecule has 0 unspecified atom stereocenters. The summed E-state index contributed by atoms with van der Waals surface area (Å²) in [4.78, 5) is 0. The zero-order valence-electron chi connectivity index (χ0n) is 30.0. The average molecular weight is 687 g/mol. The van der Waals surface area contributed by atoms with Crippen LogP contribution in [0.1, 0.15) is 55.3 Å². The fourth-order valence-corrected chi connectivity index (χ4v) is 6.68. The Balaban J connectivity index is 0.911. The monoisotopic (exact) mass is 686 g/mol. The van der Waals surface area contributed by atoms with Crippen molar-refractivity contribution in [3.05, 3.63) is 95.8 Å². The topological polar surface area (TPSA) is 89.1 Å². The summed E-state index contributed by atoms with van der Waals surface area (Å²) in [7, 11) is 4.36. The van der Waals surface area contributed by atoms with Crippen molar-refractivity contribution in [2.45, 2.75) is 77.4 Å². The largest absolute Gasteiger partial charge is 0.489 e. The van der Waals surface area contributed by atoms with Crippen molar-refractivity contribution in [1.29, 1.82) is 0 Å². The van der Waals surface area contributed by atoms with E-state index in [1.54, 1.807) is 0 Å². The molecule has 3 aromatic carbocycles. The second kappa shape index (κ2) is 16.0. The van der Waals surface area contributed by atoms with E-state index in [4.69, 9.17) is 14.2 Å². The molecular formula is C41H48N7O3+. The Hall–Kier alpha value is -4.82. The van der Waals surface area contributed by atoms with Crippen molar-refractivity contribution < 1.29 is 14.2 Å². The second-order valence-corrected chi connectivity index (χ2v) is 14.2. The second-order valence-electron chi connectivity index (χ2n) is 14.2. The van der Waals surface area contributed by atoms with E-state index < -0.39 is 0 Å². The van der Waals surface area contributed by atoms with Crippen LogP contribution in [0.15, 0.2) is 79.0 Å². The van der Waals surface area contributed by atoms with Crippen molar-refractivity contribution in [2.75, 3.05) is 33.9 Å². The number of rotatable bonds is 11. The number of benzene rings is 3. The van der Waals surface area contributed by atoms with E-state index in [-0.39, 0.29) is 12.2 Å². The zero-order valence-corrected chi connectivity index (χ0v) is 30.0. The SMILES string of the molecule is Cc1c(-c2ccc(OCc3cccc([N+](C)(C)CC#Cc4ccc(-c5cn(C[C@H]6CCCCO6)nn5)cc4)c3)cc2)nnn1C[C@H]1CCCCO1. The van der Waals surface area contributed by atoms with Gasteiger partial charge in [-0.15, -0.1) is 10.2 Å². The van der Waals surface area contributed by atoms with Gasteiger partial charge in [-0.3, -0.25) is 4.48 Å². The molecule has 0 bridgehead atoms. The minimum absolute atomic E-state index is 0.218. The maximum Gasteiger partial charge on any atom is 0.145 e. The number of aromatic nitrogens is 6. The Labute approximate surface area is 300 Å². The van der Waals surface area contributed by atoms with Crippen molar-refractivity contribution in [2.24, 2.45) is 0 Å². The van der Waals surface area contributed by atoms with Gasteiger partial charge < -0.3 is 14.2 Å². The Morgan fingerprint density at radius 1 is 0.824 bits per heavy atom. The predicted octanol–water partition coefficient (Wildman–Crippen LogP) is 6.85. The van der Waals surface area contributed by atoms with Crippen LogP contribution in [0.3, 0.4) is 0 Å². The van der Waals surface area contributed by atoms with Gasteiger partial charge in [-0.1, -0.05) is 40.6 Å². The summed E-state index contributed by atoms with van der Waals surface area (Å²) in [6.07, 6.45) is 9.32. The highest BCUT2D eigenvalue weighted by Gasteiger charge is 2.20. The van der Waals surface area contributed by atoms with Gasteiger partial charge in [-0.05, 0) is 99.4 Å². The smallest absolute Gasteiger partial charge is 0.145 e. The number of hydrogen-bond acceptors (Lipinski definition) is 7. The van der Waals surface area contributed by atoms with E-state index in [9.17, 15) is 0 Å². The quantitative estimate of drug-likeness (QED) is 0.111. The van der Waals surface area contributed by atoms with Crippen molar-refractivity contribution >= 4 is 5.69 Å². The van der Waals surface area contributed by atoms with Crippen LogP contribution in [0.25, 0.3) is 22.5 Å². The Morgan fingerprint density at radius 2 is 1.55 bits per heavy atom. The van der Waals surface area contributed by atoms with Gasteiger partial charge in [-0.2, -0.15) is 0 Å². The molecule has 2 fully saturated rings. The lowest BCUT2D eigenvalue weighted by atomic mass is 10.1. The van der Waals surface area contributed by atoms with Crippen LogP contribution in [0, 0.1) is 18.8 Å². The Kier molecular flexibility index (Phi) is 10.9. The molecule has 0 N–H and O–H groups in total. The van der Waals surface area contributed by atoms with Crippen molar-refractivity contribution in [3.63, 3.8) is 0 Å². The van der Waals surface area contributed by atoms with E-state index in [1.165, 1.54) is 18.5 Å². The van der Waals surface area contributed by atoms with Gasteiger partial charge >= 0.3 is 0 Å². The Bertz CT molecular complexity index is 1940.